The molecule has 5 nitrogen and oxygen atoms in total. The van der Waals surface area contributed by atoms with Crippen molar-refractivity contribution < 1.29 is 14.6 Å². The van der Waals surface area contributed by atoms with Crippen molar-refractivity contribution in [3.8, 4) is 0 Å². The average Bonchev–Trinajstić information content (AvgIpc) is 2.53. The van der Waals surface area contributed by atoms with Crippen LogP contribution in [0.4, 0.5) is 0 Å². The number of aliphatic hydroxyl groups excluding tert-OH is 2. The highest BCUT2D eigenvalue weighted by Crippen LogP contribution is 2.22. The molecule has 1 heterocycles. The molecule has 0 amide bonds. The Bertz CT molecular complexity index is 719. The third-order valence-corrected chi connectivity index (χ3v) is 4.16. The van der Waals surface area contributed by atoms with E-state index >= 15 is 0 Å². The molecule has 1 aromatic heterocycles. The lowest BCUT2D eigenvalue weighted by Gasteiger charge is -2.30. The lowest BCUT2D eigenvalue weighted by molar-refractivity contribution is 0.0402. The van der Waals surface area contributed by atoms with E-state index in [0.29, 0.717) is 18.7 Å². The summed E-state index contributed by atoms with van der Waals surface area (Å²) in [6.07, 6.45) is 0.884. The molecule has 126 valence electrons. The second-order valence-electron chi connectivity index (χ2n) is 6.57. The largest absolute Gasteiger partial charge is 0.423 e. The maximum Gasteiger partial charge on any atom is 0.336 e. The maximum absolute atomic E-state index is 11.8. The first kappa shape index (κ1) is 17.7. The van der Waals surface area contributed by atoms with E-state index < -0.39 is 5.41 Å². The highest BCUT2D eigenvalue weighted by Gasteiger charge is 2.24. The fourth-order valence-electron chi connectivity index (χ4n) is 2.77. The Morgan fingerprint density at radius 3 is 2.52 bits per heavy atom. The molecular weight excluding hydrogens is 294 g/mol. The van der Waals surface area contributed by atoms with Crippen LogP contribution in [-0.4, -0.2) is 41.9 Å². The van der Waals surface area contributed by atoms with Crippen LogP contribution in [0.2, 0.25) is 0 Å². The van der Waals surface area contributed by atoms with Crippen molar-refractivity contribution in [2.75, 3.05) is 26.8 Å². The van der Waals surface area contributed by atoms with Gasteiger partial charge in [0.2, 0.25) is 0 Å². The molecule has 2 rings (SSSR count). The zero-order valence-electron chi connectivity index (χ0n) is 14.0. The number of aryl methyl sites for hydroxylation is 1. The van der Waals surface area contributed by atoms with Crippen molar-refractivity contribution in [2.24, 2.45) is 5.41 Å². The summed E-state index contributed by atoms with van der Waals surface area (Å²) in [6.45, 7) is 4.77. The molecule has 0 saturated carbocycles. The van der Waals surface area contributed by atoms with Crippen molar-refractivity contribution >= 4 is 11.0 Å². The van der Waals surface area contributed by atoms with Crippen molar-refractivity contribution in [3.63, 3.8) is 0 Å². The maximum atomic E-state index is 11.8. The number of fused-ring (bicyclic) bond motifs is 1. The minimum Gasteiger partial charge on any atom is -0.423 e. The lowest BCUT2D eigenvalue weighted by Crippen LogP contribution is -2.38. The van der Waals surface area contributed by atoms with Gasteiger partial charge >= 0.3 is 5.63 Å². The SMILES string of the molecule is CCc1ccc2c(CN(C)CC(C)(CO)CO)cc(=O)oc2c1. The molecular formula is C18H25NO4. The second kappa shape index (κ2) is 7.25. The Kier molecular flexibility index (Phi) is 5.57. The summed E-state index contributed by atoms with van der Waals surface area (Å²) >= 11 is 0. The normalized spacial score (nSPS) is 12.3. The highest BCUT2D eigenvalue weighted by atomic mass is 16.4. The second-order valence-corrected chi connectivity index (χ2v) is 6.57. The van der Waals surface area contributed by atoms with Gasteiger partial charge in [-0.15, -0.1) is 0 Å². The van der Waals surface area contributed by atoms with Crippen LogP contribution in [0.15, 0.2) is 33.5 Å². The quantitative estimate of drug-likeness (QED) is 0.761. The van der Waals surface area contributed by atoms with E-state index in [4.69, 9.17) is 4.42 Å². The van der Waals surface area contributed by atoms with Crippen molar-refractivity contribution in [1.29, 1.82) is 0 Å². The third kappa shape index (κ3) is 4.19. The first-order valence-corrected chi connectivity index (χ1v) is 7.86. The predicted octanol–water partition coefficient (Wildman–Crippen LogP) is 1.78. The van der Waals surface area contributed by atoms with Crippen LogP contribution in [0.3, 0.4) is 0 Å². The predicted molar refractivity (Wildman–Crippen MR) is 90.5 cm³/mol. The van der Waals surface area contributed by atoms with Gasteiger partial charge in [-0.05, 0) is 30.7 Å². The van der Waals surface area contributed by atoms with Gasteiger partial charge in [-0.25, -0.2) is 4.79 Å². The van der Waals surface area contributed by atoms with Crippen LogP contribution in [0.25, 0.3) is 11.0 Å². The fraction of sp³-hybridized carbons (Fsp3) is 0.500. The fourth-order valence-corrected chi connectivity index (χ4v) is 2.77. The highest BCUT2D eigenvalue weighted by molar-refractivity contribution is 5.80. The summed E-state index contributed by atoms with van der Waals surface area (Å²) in [5.41, 5.74) is 1.69. The van der Waals surface area contributed by atoms with Crippen molar-refractivity contribution in [2.45, 2.75) is 26.8 Å². The van der Waals surface area contributed by atoms with Gasteiger partial charge in [-0.3, -0.25) is 0 Å². The van der Waals surface area contributed by atoms with Gasteiger partial charge in [0, 0.05) is 30.0 Å². The first-order valence-electron chi connectivity index (χ1n) is 7.86. The molecule has 0 bridgehead atoms. The third-order valence-electron chi connectivity index (χ3n) is 4.16. The Morgan fingerprint density at radius 1 is 1.22 bits per heavy atom. The van der Waals surface area contributed by atoms with Crippen molar-refractivity contribution in [3.05, 3.63) is 45.8 Å². The molecule has 1 aromatic carbocycles. The van der Waals surface area contributed by atoms with E-state index in [2.05, 4.69) is 6.92 Å². The minimum atomic E-state index is -0.570. The van der Waals surface area contributed by atoms with Crippen LogP contribution in [0.1, 0.15) is 25.0 Å². The number of rotatable bonds is 7. The van der Waals surface area contributed by atoms with Gasteiger partial charge in [0.15, 0.2) is 0 Å². The molecule has 2 N–H and O–H groups in total. The van der Waals surface area contributed by atoms with Crippen LogP contribution in [-0.2, 0) is 13.0 Å². The van der Waals surface area contributed by atoms with E-state index in [1.807, 2.05) is 37.1 Å². The van der Waals surface area contributed by atoms with Crippen LogP contribution < -0.4 is 5.63 Å². The van der Waals surface area contributed by atoms with E-state index in [1.165, 1.54) is 6.07 Å². The van der Waals surface area contributed by atoms with Gasteiger partial charge < -0.3 is 19.5 Å². The number of hydrogen-bond acceptors (Lipinski definition) is 5. The summed E-state index contributed by atoms with van der Waals surface area (Å²) < 4.78 is 5.32. The van der Waals surface area contributed by atoms with E-state index in [9.17, 15) is 15.0 Å². The molecule has 0 aliphatic carbocycles. The summed E-state index contributed by atoms with van der Waals surface area (Å²) in [4.78, 5) is 13.8. The topological polar surface area (TPSA) is 73.9 Å². The zero-order chi connectivity index (χ0) is 17.0. The molecule has 0 saturated heterocycles. The van der Waals surface area contributed by atoms with Gasteiger partial charge in [0.25, 0.3) is 0 Å². The lowest BCUT2D eigenvalue weighted by atomic mass is 9.92. The van der Waals surface area contributed by atoms with E-state index in [-0.39, 0.29) is 18.8 Å². The molecule has 0 radical (unpaired) electrons. The molecule has 23 heavy (non-hydrogen) atoms. The van der Waals surface area contributed by atoms with E-state index in [1.54, 1.807) is 0 Å². The Labute approximate surface area is 136 Å². The van der Waals surface area contributed by atoms with Crippen LogP contribution in [0.5, 0.6) is 0 Å². The van der Waals surface area contributed by atoms with Gasteiger partial charge in [-0.2, -0.15) is 0 Å². The molecule has 2 aromatic rings. The van der Waals surface area contributed by atoms with Crippen molar-refractivity contribution in [1.82, 2.24) is 4.90 Å². The summed E-state index contributed by atoms with van der Waals surface area (Å²) in [5, 5.41) is 19.8. The number of benzene rings is 1. The summed E-state index contributed by atoms with van der Waals surface area (Å²) in [6, 6.07) is 7.44. The number of aliphatic hydroxyl groups is 2. The van der Waals surface area contributed by atoms with Gasteiger partial charge in [-0.1, -0.05) is 26.0 Å². The summed E-state index contributed by atoms with van der Waals surface area (Å²) in [5.74, 6) is 0. The molecule has 0 aliphatic heterocycles. The Hall–Kier alpha value is -1.69. The Morgan fingerprint density at radius 2 is 1.91 bits per heavy atom. The van der Waals surface area contributed by atoms with Gasteiger partial charge in [0.05, 0.1) is 13.2 Å². The van der Waals surface area contributed by atoms with Crippen LogP contribution in [0, 0.1) is 5.41 Å². The molecule has 0 aliphatic rings. The molecule has 0 unspecified atom stereocenters. The smallest absolute Gasteiger partial charge is 0.336 e. The minimum absolute atomic E-state index is 0.0919. The number of nitrogens with zero attached hydrogens (tertiary/aromatic N) is 1. The zero-order valence-corrected chi connectivity index (χ0v) is 14.0. The summed E-state index contributed by atoms with van der Waals surface area (Å²) in [7, 11) is 1.91. The molecule has 0 spiro atoms. The standard InChI is InChI=1S/C18H25NO4/c1-4-13-5-6-15-14(8-17(22)23-16(15)7-13)9-19(3)10-18(2,11-20)12-21/h5-8,20-21H,4,9-12H2,1-3H3. The first-order chi connectivity index (χ1) is 10.9. The molecule has 5 heteroatoms. The van der Waals surface area contributed by atoms with E-state index in [0.717, 1.165) is 22.9 Å². The van der Waals surface area contributed by atoms with Crippen LogP contribution >= 0.6 is 0 Å². The number of hydrogen-bond donors (Lipinski definition) is 2. The monoisotopic (exact) mass is 319 g/mol. The average molecular weight is 319 g/mol. The molecule has 0 atom stereocenters. The Balaban J connectivity index is 2.31. The van der Waals surface area contributed by atoms with Gasteiger partial charge in [0.1, 0.15) is 5.58 Å². The molecule has 0 fully saturated rings.